The summed E-state index contributed by atoms with van der Waals surface area (Å²) in [5.41, 5.74) is 0.848. The van der Waals surface area contributed by atoms with Crippen molar-refractivity contribution >= 4 is 23.7 Å². The van der Waals surface area contributed by atoms with Crippen LogP contribution in [-0.2, 0) is 9.36 Å². The van der Waals surface area contributed by atoms with E-state index in [1.165, 1.54) is 0 Å². The second-order valence-corrected chi connectivity index (χ2v) is 9.69. The molecule has 1 atom stereocenters. The number of carbonyl (C=O) groups is 1. The van der Waals surface area contributed by atoms with Gasteiger partial charge in [0.25, 0.3) is 0 Å². The molecule has 3 aromatic carbocycles. The molecule has 0 aromatic heterocycles. The first-order valence-electron chi connectivity index (χ1n) is 10.2. The molecule has 0 heterocycles. The largest absolute Gasteiger partial charge is 0.298 e. The predicted molar refractivity (Wildman–Crippen MR) is 121 cm³/mol. The van der Waals surface area contributed by atoms with Crippen LogP contribution in [0, 0.1) is 0 Å². The van der Waals surface area contributed by atoms with Crippen LogP contribution >= 0.6 is 7.29 Å². The monoisotopic (exact) mass is 405 g/mol. The summed E-state index contributed by atoms with van der Waals surface area (Å²) >= 11 is 0. The third kappa shape index (κ3) is 5.32. The van der Waals surface area contributed by atoms with Gasteiger partial charge in [-0.05, 0) is 36.2 Å². The summed E-state index contributed by atoms with van der Waals surface area (Å²) in [5, 5.41) is 4.72. The molecule has 0 aliphatic rings. The zero-order chi connectivity index (χ0) is 20.5. The molecule has 0 aliphatic carbocycles. The maximum atomic E-state index is 14.4. The van der Waals surface area contributed by atoms with Crippen LogP contribution in [0.25, 0.3) is 0 Å². The van der Waals surface area contributed by atoms with Crippen molar-refractivity contribution < 1.29 is 9.36 Å². The Morgan fingerprint density at radius 2 is 1.28 bits per heavy atom. The standard InChI is InChI=1S/C25H28NO2P/c1-2-3-7-20-24(27)25(21-14-8-4-9-15-21)26-29(28,22-16-10-5-11-17-22)23-18-12-6-13-19-23/h4-6,8-19,25H,2-3,7,20H2,1H3,(H,26,28). The molecule has 0 amide bonds. The lowest BCUT2D eigenvalue weighted by Gasteiger charge is -2.26. The highest BCUT2D eigenvalue weighted by Gasteiger charge is 2.33. The minimum Gasteiger partial charge on any atom is -0.298 e. The van der Waals surface area contributed by atoms with E-state index in [4.69, 9.17) is 0 Å². The molecule has 0 fully saturated rings. The van der Waals surface area contributed by atoms with Gasteiger partial charge in [-0.25, -0.2) is 5.09 Å². The Kier molecular flexibility index (Phi) is 7.57. The van der Waals surface area contributed by atoms with Gasteiger partial charge in [0, 0.05) is 17.0 Å². The van der Waals surface area contributed by atoms with Crippen molar-refractivity contribution in [2.75, 3.05) is 0 Å². The SMILES string of the molecule is CCCCCC(=O)C(NP(=O)(c1ccccc1)c1ccccc1)c1ccccc1. The summed E-state index contributed by atoms with van der Waals surface area (Å²) in [7, 11) is -3.21. The van der Waals surface area contributed by atoms with Gasteiger partial charge in [-0.2, -0.15) is 0 Å². The Bertz CT molecular complexity index is 899. The quantitative estimate of drug-likeness (QED) is 0.363. The maximum absolute atomic E-state index is 14.4. The van der Waals surface area contributed by atoms with Crippen molar-refractivity contribution in [1.29, 1.82) is 0 Å². The van der Waals surface area contributed by atoms with Crippen LogP contribution in [0.2, 0.25) is 0 Å². The topological polar surface area (TPSA) is 46.2 Å². The number of unbranched alkanes of at least 4 members (excludes halogenated alkanes) is 2. The smallest absolute Gasteiger partial charge is 0.205 e. The van der Waals surface area contributed by atoms with Gasteiger partial charge in [0.15, 0.2) is 5.78 Å². The molecule has 29 heavy (non-hydrogen) atoms. The van der Waals surface area contributed by atoms with E-state index in [0.717, 1.165) is 24.8 Å². The van der Waals surface area contributed by atoms with E-state index in [1.807, 2.05) is 91.0 Å². The summed E-state index contributed by atoms with van der Waals surface area (Å²) in [4.78, 5) is 13.2. The first-order chi connectivity index (χ1) is 14.1. The molecule has 150 valence electrons. The second-order valence-electron chi connectivity index (χ2n) is 7.18. The van der Waals surface area contributed by atoms with Crippen molar-refractivity contribution in [3.63, 3.8) is 0 Å². The lowest BCUT2D eigenvalue weighted by atomic mass is 10.00. The van der Waals surface area contributed by atoms with E-state index in [0.29, 0.717) is 17.0 Å². The molecule has 3 nitrogen and oxygen atoms in total. The van der Waals surface area contributed by atoms with Gasteiger partial charge in [-0.1, -0.05) is 86.5 Å². The van der Waals surface area contributed by atoms with Gasteiger partial charge < -0.3 is 0 Å². The fourth-order valence-electron chi connectivity index (χ4n) is 3.43. The first kappa shape index (κ1) is 21.2. The minimum absolute atomic E-state index is 0.0803. The van der Waals surface area contributed by atoms with E-state index in [1.54, 1.807) is 0 Å². The first-order valence-corrected chi connectivity index (χ1v) is 11.9. The molecule has 1 N–H and O–H groups in total. The number of ketones is 1. The van der Waals surface area contributed by atoms with Gasteiger partial charge in [0.05, 0.1) is 6.04 Å². The Morgan fingerprint density at radius 3 is 1.76 bits per heavy atom. The maximum Gasteiger partial charge on any atom is 0.205 e. The number of carbonyl (C=O) groups excluding carboxylic acids is 1. The molecular weight excluding hydrogens is 377 g/mol. The molecule has 0 bridgehead atoms. The fourth-order valence-corrected chi connectivity index (χ4v) is 5.86. The lowest BCUT2D eigenvalue weighted by Crippen LogP contribution is -2.34. The predicted octanol–water partition coefficient (Wildman–Crippen LogP) is 5.40. The van der Waals surface area contributed by atoms with E-state index >= 15 is 0 Å². The Labute approximate surface area is 173 Å². The third-order valence-corrected chi connectivity index (χ3v) is 7.70. The summed E-state index contributed by atoms with van der Waals surface area (Å²) in [6, 6.07) is 27.8. The van der Waals surface area contributed by atoms with Crippen LogP contribution in [0.4, 0.5) is 0 Å². The zero-order valence-electron chi connectivity index (χ0n) is 16.8. The molecular formula is C25H28NO2P. The minimum atomic E-state index is -3.21. The molecule has 0 aliphatic heterocycles. The van der Waals surface area contributed by atoms with Crippen molar-refractivity contribution in [3.8, 4) is 0 Å². The number of benzene rings is 3. The van der Waals surface area contributed by atoms with Gasteiger partial charge in [-0.15, -0.1) is 0 Å². The molecule has 4 heteroatoms. The average Bonchev–Trinajstić information content (AvgIpc) is 2.79. The van der Waals surface area contributed by atoms with Gasteiger partial charge in [0.1, 0.15) is 0 Å². The van der Waals surface area contributed by atoms with E-state index in [9.17, 15) is 9.36 Å². The molecule has 3 rings (SSSR count). The van der Waals surface area contributed by atoms with Crippen LogP contribution < -0.4 is 15.7 Å². The molecule has 0 saturated heterocycles. The highest BCUT2D eigenvalue weighted by Crippen LogP contribution is 2.42. The highest BCUT2D eigenvalue weighted by molar-refractivity contribution is 7.77. The van der Waals surface area contributed by atoms with Crippen molar-refractivity contribution in [3.05, 3.63) is 96.6 Å². The summed E-state index contributed by atoms with van der Waals surface area (Å²) in [6.45, 7) is 2.12. The van der Waals surface area contributed by atoms with Gasteiger partial charge in [0.2, 0.25) is 7.29 Å². The van der Waals surface area contributed by atoms with Gasteiger partial charge in [-0.3, -0.25) is 9.36 Å². The number of Topliss-reactive ketones (excluding diaryl/α,β-unsaturated/α-hetero) is 1. The van der Waals surface area contributed by atoms with Gasteiger partial charge >= 0.3 is 0 Å². The molecule has 3 aromatic rings. The van der Waals surface area contributed by atoms with E-state index in [2.05, 4.69) is 12.0 Å². The number of nitrogens with one attached hydrogen (secondary N) is 1. The average molecular weight is 405 g/mol. The van der Waals surface area contributed by atoms with Crippen molar-refractivity contribution in [2.45, 2.75) is 38.6 Å². The Balaban J connectivity index is 2.02. The number of hydrogen-bond acceptors (Lipinski definition) is 2. The molecule has 0 radical (unpaired) electrons. The third-order valence-electron chi connectivity index (χ3n) is 5.03. The lowest BCUT2D eigenvalue weighted by molar-refractivity contribution is -0.120. The molecule has 0 saturated carbocycles. The second kappa shape index (κ2) is 10.3. The highest BCUT2D eigenvalue weighted by atomic mass is 31.2. The zero-order valence-corrected chi connectivity index (χ0v) is 17.7. The van der Waals surface area contributed by atoms with Crippen LogP contribution in [0.3, 0.4) is 0 Å². The Hall–Kier alpha value is -2.48. The molecule has 1 unspecified atom stereocenters. The normalized spacial score (nSPS) is 12.4. The Morgan fingerprint density at radius 1 is 0.793 bits per heavy atom. The summed E-state index contributed by atoms with van der Waals surface area (Å²) in [5.74, 6) is 0.0803. The molecule has 0 spiro atoms. The van der Waals surface area contributed by atoms with Crippen LogP contribution in [0.15, 0.2) is 91.0 Å². The fraction of sp³-hybridized carbons (Fsp3) is 0.240. The summed E-state index contributed by atoms with van der Waals surface area (Å²) in [6.07, 6.45) is 3.40. The number of hydrogen-bond donors (Lipinski definition) is 1. The van der Waals surface area contributed by atoms with E-state index < -0.39 is 13.3 Å². The summed E-state index contributed by atoms with van der Waals surface area (Å²) < 4.78 is 14.4. The van der Waals surface area contributed by atoms with E-state index in [-0.39, 0.29) is 5.78 Å². The van der Waals surface area contributed by atoms with Crippen LogP contribution in [0.5, 0.6) is 0 Å². The van der Waals surface area contributed by atoms with Crippen LogP contribution in [0.1, 0.15) is 44.2 Å². The van der Waals surface area contributed by atoms with Crippen LogP contribution in [-0.4, -0.2) is 5.78 Å². The van der Waals surface area contributed by atoms with Crippen molar-refractivity contribution in [2.24, 2.45) is 0 Å². The van der Waals surface area contributed by atoms with Crippen molar-refractivity contribution in [1.82, 2.24) is 5.09 Å². The number of rotatable bonds is 10.